The van der Waals surface area contributed by atoms with Crippen LogP contribution in [0.1, 0.15) is 32.7 Å². The summed E-state index contributed by atoms with van der Waals surface area (Å²) < 4.78 is 12.0. The molecule has 0 radical (unpaired) electrons. The molecule has 0 spiro atoms. The number of aryl methyl sites for hydroxylation is 2. The predicted octanol–water partition coefficient (Wildman–Crippen LogP) is 2.50. The number of hydrogen-bond acceptors (Lipinski definition) is 6. The monoisotopic (exact) mass is 371 g/mol. The van der Waals surface area contributed by atoms with E-state index in [0.29, 0.717) is 29.0 Å². The van der Waals surface area contributed by atoms with E-state index in [1.807, 2.05) is 19.9 Å². The lowest BCUT2D eigenvalue weighted by atomic mass is 10.1. The smallest absolute Gasteiger partial charge is 0.281 e. The molecule has 1 aliphatic rings. The molecule has 4 rings (SSSR count). The van der Waals surface area contributed by atoms with Gasteiger partial charge in [0.1, 0.15) is 11.2 Å². The number of benzene rings is 1. The van der Waals surface area contributed by atoms with Crippen LogP contribution in [-0.4, -0.2) is 28.8 Å². The largest absolute Gasteiger partial charge is 0.346 e. The van der Waals surface area contributed by atoms with Crippen molar-refractivity contribution < 1.29 is 14.3 Å². The normalized spacial score (nSPS) is 14.8. The van der Waals surface area contributed by atoms with Gasteiger partial charge in [-0.1, -0.05) is 12.1 Å². The number of carbonyl (C=O) groups excluding carboxylic acids is 1. The molecule has 134 valence electrons. The van der Waals surface area contributed by atoms with E-state index in [0.717, 1.165) is 20.7 Å². The molecule has 1 aliphatic heterocycles. The average Bonchev–Trinajstić information content (AvgIpc) is 3.27. The van der Waals surface area contributed by atoms with Crippen molar-refractivity contribution in [2.45, 2.75) is 20.1 Å². The maximum Gasteiger partial charge on any atom is 0.281 e. The van der Waals surface area contributed by atoms with Crippen molar-refractivity contribution in [3.63, 3.8) is 0 Å². The van der Waals surface area contributed by atoms with Crippen LogP contribution in [0.2, 0.25) is 0 Å². The maximum atomic E-state index is 12.7. The number of fused-ring (bicyclic) bond motifs is 1. The van der Waals surface area contributed by atoms with Gasteiger partial charge in [-0.3, -0.25) is 15.0 Å². The van der Waals surface area contributed by atoms with Crippen molar-refractivity contribution in [2.75, 3.05) is 18.6 Å². The first-order valence-corrected chi connectivity index (χ1v) is 8.98. The van der Waals surface area contributed by atoms with E-state index in [2.05, 4.69) is 10.4 Å². The Morgan fingerprint density at radius 3 is 2.85 bits per heavy atom. The minimum absolute atomic E-state index is 0.288. The Morgan fingerprint density at radius 2 is 2.08 bits per heavy atom. The summed E-state index contributed by atoms with van der Waals surface area (Å²) in [5, 5.41) is 0.539. The minimum atomic E-state index is -0.458. The molecule has 1 fully saturated rings. The Bertz CT molecular complexity index is 1050. The number of rotatable bonds is 3. The quantitative estimate of drug-likeness (QED) is 0.765. The molecule has 7 nitrogen and oxygen atoms in total. The highest BCUT2D eigenvalue weighted by atomic mass is 32.1. The van der Waals surface area contributed by atoms with Gasteiger partial charge in [-0.2, -0.15) is 0 Å². The second-order valence-corrected chi connectivity index (χ2v) is 7.23. The molecule has 1 N–H and O–H groups in total. The van der Waals surface area contributed by atoms with Crippen LogP contribution in [0.15, 0.2) is 35.4 Å². The number of carbonyl (C=O) groups is 1. The van der Waals surface area contributed by atoms with Crippen LogP contribution in [0.25, 0.3) is 10.2 Å². The minimum Gasteiger partial charge on any atom is -0.346 e. The highest BCUT2D eigenvalue weighted by Crippen LogP contribution is 2.25. The summed E-state index contributed by atoms with van der Waals surface area (Å²) in [4.78, 5) is 31.3. The number of hydrogen-bond donors (Lipinski definition) is 1. The van der Waals surface area contributed by atoms with Gasteiger partial charge in [0.05, 0.1) is 18.6 Å². The van der Waals surface area contributed by atoms with E-state index in [4.69, 9.17) is 9.47 Å². The highest BCUT2D eigenvalue weighted by Gasteiger charge is 2.20. The lowest BCUT2D eigenvalue weighted by Crippen LogP contribution is -2.33. The van der Waals surface area contributed by atoms with Gasteiger partial charge in [-0.25, -0.2) is 9.66 Å². The lowest BCUT2D eigenvalue weighted by molar-refractivity contribution is -0.0441. The van der Waals surface area contributed by atoms with Gasteiger partial charge in [0, 0.05) is 16.0 Å². The van der Waals surface area contributed by atoms with E-state index in [9.17, 15) is 9.59 Å². The Hall–Kier alpha value is -2.55. The Balaban J connectivity index is 1.63. The molecule has 0 bridgehead atoms. The molecule has 0 aliphatic carbocycles. The molecule has 0 unspecified atom stereocenters. The fourth-order valence-electron chi connectivity index (χ4n) is 2.87. The number of nitrogens with one attached hydrogen (secondary N) is 1. The summed E-state index contributed by atoms with van der Waals surface area (Å²) >= 11 is 1.47. The molecule has 3 heterocycles. The van der Waals surface area contributed by atoms with Crippen molar-refractivity contribution in [1.29, 1.82) is 0 Å². The van der Waals surface area contributed by atoms with Gasteiger partial charge in [0.2, 0.25) is 0 Å². The number of ether oxygens (including phenoxy) is 2. The van der Waals surface area contributed by atoms with Crippen LogP contribution >= 0.6 is 11.3 Å². The predicted molar refractivity (Wildman–Crippen MR) is 98.1 cm³/mol. The first-order chi connectivity index (χ1) is 12.5. The van der Waals surface area contributed by atoms with Crippen LogP contribution in [0, 0.1) is 13.8 Å². The molecule has 1 aromatic carbocycles. The molecule has 3 aromatic rings. The molecular formula is C18H17N3O4S. The first-order valence-electron chi connectivity index (χ1n) is 8.16. The van der Waals surface area contributed by atoms with E-state index in [1.165, 1.54) is 17.7 Å². The maximum absolute atomic E-state index is 12.7. The molecule has 0 atom stereocenters. The summed E-state index contributed by atoms with van der Waals surface area (Å²) in [7, 11) is 0. The Labute approximate surface area is 153 Å². The van der Waals surface area contributed by atoms with Crippen molar-refractivity contribution in [3.8, 4) is 0 Å². The zero-order valence-electron chi connectivity index (χ0n) is 14.3. The third kappa shape index (κ3) is 2.92. The third-order valence-corrected chi connectivity index (χ3v) is 5.47. The Morgan fingerprint density at radius 1 is 1.31 bits per heavy atom. The van der Waals surface area contributed by atoms with Gasteiger partial charge < -0.3 is 9.47 Å². The van der Waals surface area contributed by atoms with Crippen molar-refractivity contribution in [3.05, 3.63) is 62.5 Å². The fraction of sp³-hybridized carbons (Fsp3) is 0.278. The molecule has 8 heteroatoms. The van der Waals surface area contributed by atoms with Crippen LogP contribution in [0.5, 0.6) is 0 Å². The number of amides is 1. The van der Waals surface area contributed by atoms with Crippen LogP contribution in [0.4, 0.5) is 0 Å². The van der Waals surface area contributed by atoms with Crippen LogP contribution < -0.4 is 11.0 Å². The van der Waals surface area contributed by atoms with E-state index >= 15 is 0 Å². The zero-order chi connectivity index (χ0) is 18.3. The fourth-order valence-corrected chi connectivity index (χ4v) is 3.85. The number of nitrogens with zero attached hydrogens (tertiary/aromatic N) is 2. The lowest BCUT2D eigenvalue weighted by Gasteiger charge is -2.12. The van der Waals surface area contributed by atoms with Crippen LogP contribution in [-0.2, 0) is 9.47 Å². The highest BCUT2D eigenvalue weighted by molar-refractivity contribution is 7.18. The van der Waals surface area contributed by atoms with Gasteiger partial charge in [0.25, 0.3) is 11.5 Å². The number of aromatic nitrogens is 2. The van der Waals surface area contributed by atoms with Crippen LogP contribution in [0.3, 0.4) is 0 Å². The summed E-state index contributed by atoms with van der Waals surface area (Å²) in [6, 6.07) is 6.96. The average molecular weight is 371 g/mol. The van der Waals surface area contributed by atoms with Gasteiger partial charge in [0.15, 0.2) is 6.29 Å². The molecule has 1 amide bonds. The SMILES string of the molecule is Cc1sc2ncn(NC(=O)c3cccc(C4OCCO4)c3)c(=O)c2c1C. The molecular weight excluding hydrogens is 354 g/mol. The van der Waals surface area contributed by atoms with E-state index < -0.39 is 12.2 Å². The molecule has 0 saturated carbocycles. The number of thiophene rings is 1. The van der Waals surface area contributed by atoms with Crippen molar-refractivity contribution >= 4 is 27.5 Å². The van der Waals surface area contributed by atoms with Gasteiger partial charge in [-0.15, -0.1) is 11.3 Å². The summed E-state index contributed by atoms with van der Waals surface area (Å²) in [6.07, 6.45) is 0.880. The standard InChI is InChI=1S/C18H17N3O4S/c1-10-11(2)26-16-14(10)17(23)21(9-19-16)20-15(22)12-4-3-5-13(8-12)18-24-6-7-25-18/h3-5,8-9,18H,6-7H2,1-2H3,(H,20,22). The second-order valence-electron chi connectivity index (χ2n) is 6.02. The molecule has 26 heavy (non-hydrogen) atoms. The third-order valence-electron chi connectivity index (χ3n) is 4.35. The summed E-state index contributed by atoms with van der Waals surface area (Å²) in [6.45, 7) is 4.89. The topological polar surface area (TPSA) is 82.5 Å². The second kappa shape index (κ2) is 6.64. The summed E-state index contributed by atoms with van der Waals surface area (Å²) in [5.41, 5.74) is 4.38. The van der Waals surface area contributed by atoms with Crippen molar-refractivity contribution in [1.82, 2.24) is 9.66 Å². The van der Waals surface area contributed by atoms with Crippen molar-refractivity contribution in [2.24, 2.45) is 0 Å². The van der Waals surface area contributed by atoms with E-state index in [1.54, 1.807) is 18.2 Å². The van der Waals surface area contributed by atoms with Gasteiger partial charge >= 0.3 is 0 Å². The van der Waals surface area contributed by atoms with E-state index in [-0.39, 0.29) is 5.56 Å². The first kappa shape index (κ1) is 16.9. The molecule has 2 aromatic heterocycles. The summed E-state index contributed by atoms with van der Waals surface area (Å²) in [5.74, 6) is -0.405. The zero-order valence-corrected chi connectivity index (χ0v) is 15.1. The molecule has 1 saturated heterocycles. The van der Waals surface area contributed by atoms with Gasteiger partial charge in [-0.05, 0) is 31.5 Å². The Kier molecular flexibility index (Phi) is 4.31.